The standard InChI is InChI=1S/C12H30N2OSi2/c1-15-17(5,6)12-11-13-7-9-14(10-8-13)16(2,3)4/h7-12H2,1-6H3. The van der Waals surface area contributed by atoms with Gasteiger partial charge in [-0.2, -0.15) is 0 Å². The Hall–Kier alpha value is 0.314. The molecule has 0 N–H and O–H groups in total. The molecule has 0 aromatic rings. The molecule has 0 spiro atoms. The summed E-state index contributed by atoms with van der Waals surface area (Å²) in [7, 11) is -0.553. The van der Waals surface area contributed by atoms with E-state index in [0.717, 1.165) is 0 Å². The minimum Gasteiger partial charge on any atom is -0.420 e. The lowest BCUT2D eigenvalue weighted by Gasteiger charge is -2.41. The highest BCUT2D eigenvalue weighted by atomic mass is 28.4. The Bertz CT molecular complexity index is 233. The van der Waals surface area contributed by atoms with Gasteiger partial charge in [-0.05, 0) is 25.7 Å². The molecule has 1 aliphatic heterocycles. The molecule has 17 heavy (non-hydrogen) atoms. The largest absolute Gasteiger partial charge is 0.420 e. The second-order valence-corrected chi connectivity index (χ2v) is 16.1. The van der Waals surface area contributed by atoms with Crippen LogP contribution in [0, 0.1) is 0 Å². The molecule has 0 aromatic heterocycles. The van der Waals surface area contributed by atoms with Gasteiger partial charge in [-0.15, -0.1) is 0 Å². The molecule has 0 saturated carbocycles. The Morgan fingerprint density at radius 2 is 1.47 bits per heavy atom. The smallest absolute Gasteiger partial charge is 0.187 e. The first-order valence-corrected chi connectivity index (χ1v) is 13.3. The van der Waals surface area contributed by atoms with E-state index in [-0.39, 0.29) is 0 Å². The summed E-state index contributed by atoms with van der Waals surface area (Å²) in [6.45, 7) is 18.2. The maximum Gasteiger partial charge on any atom is 0.187 e. The van der Waals surface area contributed by atoms with E-state index in [1.165, 1.54) is 38.8 Å². The molecule has 3 nitrogen and oxygen atoms in total. The number of nitrogens with zero attached hydrogens (tertiary/aromatic N) is 2. The van der Waals surface area contributed by atoms with Gasteiger partial charge < -0.3 is 13.9 Å². The Kier molecular flexibility index (Phi) is 5.40. The zero-order valence-electron chi connectivity index (χ0n) is 12.5. The van der Waals surface area contributed by atoms with E-state index in [9.17, 15) is 0 Å². The minimum atomic E-state index is -1.36. The highest BCUT2D eigenvalue weighted by molar-refractivity contribution is 6.73. The number of piperazine rings is 1. The van der Waals surface area contributed by atoms with Crippen molar-refractivity contribution in [2.45, 2.75) is 38.8 Å². The van der Waals surface area contributed by atoms with Crippen molar-refractivity contribution in [3.8, 4) is 0 Å². The van der Waals surface area contributed by atoms with Crippen LogP contribution in [0.25, 0.3) is 0 Å². The molecule has 1 heterocycles. The normalized spacial score (nSPS) is 20.8. The van der Waals surface area contributed by atoms with E-state index in [4.69, 9.17) is 4.43 Å². The quantitative estimate of drug-likeness (QED) is 0.716. The molecule has 0 atom stereocenters. The molecule has 0 unspecified atom stereocenters. The Balaban J connectivity index is 2.29. The zero-order chi connectivity index (χ0) is 13.1. The van der Waals surface area contributed by atoms with Gasteiger partial charge in [-0.1, -0.05) is 19.6 Å². The van der Waals surface area contributed by atoms with Crippen molar-refractivity contribution in [1.29, 1.82) is 0 Å². The molecular formula is C12H30N2OSi2. The summed E-state index contributed by atoms with van der Waals surface area (Å²) >= 11 is 0. The Morgan fingerprint density at radius 1 is 0.941 bits per heavy atom. The predicted molar refractivity (Wildman–Crippen MR) is 80.7 cm³/mol. The molecule has 0 bridgehead atoms. The predicted octanol–water partition coefficient (Wildman–Crippen LogP) is 2.29. The van der Waals surface area contributed by atoms with Gasteiger partial charge >= 0.3 is 0 Å². The summed E-state index contributed by atoms with van der Waals surface area (Å²) in [5.74, 6) is 0. The van der Waals surface area contributed by atoms with Crippen LogP contribution in [0.3, 0.4) is 0 Å². The van der Waals surface area contributed by atoms with Gasteiger partial charge in [0.25, 0.3) is 0 Å². The van der Waals surface area contributed by atoms with Gasteiger partial charge in [0.05, 0.1) is 0 Å². The lowest BCUT2D eigenvalue weighted by molar-refractivity contribution is 0.189. The number of hydrogen-bond acceptors (Lipinski definition) is 3. The Morgan fingerprint density at radius 3 is 1.88 bits per heavy atom. The third-order valence-electron chi connectivity index (χ3n) is 3.90. The second-order valence-electron chi connectivity index (χ2n) is 6.71. The summed E-state index contributed by atoms with van der Waals surface area (Å²) in [6.07, 6.45) is 0. The van der Waals surface area contributed by atoms with Crippen molar-refractivity contribution in [3.63, 3.8) is 0 Å². The van der Waals surface area contributed by atoms with E-state index in [2.05, 4.69) is 42.2 Å². The first-order valence-electron chi connectivity index (χ1n) is 6.77. The molecule has 0 aliphatic carbocycles. The monoisotopic (exact) mass is 274 g/mol. The molecule has 0 aromatic carbocycles. The van der Waals surface area contributed by atoms with Crippen molar-refractivity contribution in [2.75, 3.05) is 39.8 Å². The minimum absolute atomic E-state index is 1.06. The van der Waals surface area contributed by atoms with Crippen molar-refractivity contribution in [3.05, 3.63) is 0 Å². The molecule has 0 amide bonds. The van der Waals surface area contributed by atoms with E-state index in [0.29, 0.717) is 0 Å². The molecule has 102 valence electrons. The fourth-order valence-electron chi connectivity index (χ4n) is 2.17. The summed E-state index contributed by atoms with van der Waals surface area (Å²) in [6, 6.07) is 1.26. The van der Waals surface area contributed by atoms with Crippen LogP contribution in [-0.4, -0.2) is 65.9 Å². The first kappa shape index (κ1) is 15.4. The first-order chi connectivity index (χ1) is 7.74. The number of hydrogen-bond donors (Lipinski definition) is 0. The summed E-state index contributed by atoms with van der Waals surface area (Å²) in [4.78, 5) is 2.62. The number of rotatable bonds is 5. The third kappa shape index (κ3) is 5.22. The lowest BCUT2D eigenvalue weighted by Crippen LogP contribution is -2.56. The van der Waals surface area contributed by atoms with Crippen molar-refractivity contribution >= 4 is 16.6 Å². The van der Waals surface area contributed by atoms with Crippen LogP contribution in [0.1, 0.15) is 0 Å². The van der Waals surface area contributed by atoms with Crippen molar-refractivity contribution < 1.29 is 4.43 Å². The van der Waals surface area contributed by atoms with Gasteiger partial charge in [0.15, 0.2) is 8.32 Å². The van der Waals surface area contributed by atoms with Gasteiger partial charge in [-0.3, -0.25) is 0 Å². The fraction of sp³-hybridized carbons (Fsp3) is 1.00. The average Bonchev–Trinajstić information content (AvgIpc) is 2.26. The van der Waals surface area contributed by atoms with Crippen LogP contribution >= 0.6 is 0 Å². The summed E-state index contributed by atoms with van der Waals surface area (Å²) in [5.41, 5.74) is 0. The molecular weight excluding hydrogens is 244 g/mol. The Labute approximate surface area is 109 Å². The van der Waals surface area contributed by atoms with E-state index in [1.807, 2.05) is 7.11 Å². The lowest BCUT2D eigenvalue weighted by atomic mass is 10.4. The maximum atomic E-state index is 5.61. The molecule has 5 heteroatoms. The average molecular weight is 275 g/mol. The van der Waals surface area contributed by atoms with Crippen LogP contribution in [0.5, 0.6) is 0 Å². The molecule has 1 aliphatic rings. The van der Waals surface area contributed by atoms with Crippen molar-refractivity contribution in [1.82, 2.24) is 9.47 Å². The highest BCUT2D eigenvalue weighted by Crippen LogP contribution is 2.15. The molecule has 1 rings (SSSR count). The van der Waals surface area contributed by atoms with E-state index in [1.54, 1.807) is 0 Å². The third-order valence-corrected chi connectivity index (χ3v) is 8.78. The van der Waals surface area contributed by atoms with Crippen LogP contribution in [-0.2, 0) is 4.43 Å². The molecule has 0 radical (unpaired) electrons. The van der Waals surface area contributed by atoms with Crippen molar-refractivity contribution in [2.24, 2.45) is 0 Å². The topological polar surface area (TPSA) is 15.7 Å². The molecule has 1 saturated heterocycles. The zero-order valence-corrected chi connectivity index (χ0v) is 14.5. The summed E-state index contributed by atoms with van der Waals surface area (Å²) in [5, 5.41) is 0. The maximum absolute atomic E-state index is 5.61. The van der Waals surface area contributed by atoms with Crippen LogP contribution in [0.2, 0.25) is 38.8 Å². The van der Waals surface area contributed by atoms with Crippen LogP contribution in [0.15, 0.2) is 0 Å². The van der Waals surface area contributed by atoms with Gasteiger partial charge in [0.1, 0.15) is 8.24 Å². The highest BCUT2D eigenvalue weighted by Gasteiger charge is 2.28. The second kappa shape index (κ2) is 5.97. The SMILES string of the molecule is CO[Si](C)(C)CCN1CCN([Si](C)(C)C)CC1. The van der Waals surface area contributed by atoms with Gasteiger partial charge in [0, 0.05) is 33.3 Å². The van der Waals surface area contributed by atoms with E-state index < -0.39 is 16.6 Å². The van der Waals surface area contributed by atoms with Gasteiger partial charge in [-0.25, -0.2) is 0 Å². The van der Waals surface area contributed by atoms with Crippen LogP contribution in [0.4, 0.5) is 0 Å². The van der Waals surface area contributed by atoms with Gasteiger partial charge in [0.2, 0.25) is 0 Å². The van der Waals surface area contributed by atoms with Crippen LogP contribution < -0.4 is 0 Å². The molecule has 1 fully saturated rings. The van der Waals surface area contributed by atoms with E-state index >= 15 is 0 Å². The summed E-state index contributed by atoms with van der Waals surface area (Å²) < 4.78 is 8.34. The fourth-order valence-corrected chi connectivity index (χ4v) is 4.77.